The zero-order valence-corrected chi connectivity index (χ0v) is 14.1. The molecular weight excluding hydrogens is 310 g/mol. The largest absolute Gasteiger partial charge is 0.309 e. The minimum atomic E-state index is 0.0651. The highest BCUT2D eigenvalue weighted by atomic mass is 32.1. The van der Waals surface area contributed by atoms with Crippen LogP contribution in [-0.4, -0.2) is 19.3 Å². The number of hydrogen-bond donors (Lipinski definition) is 1. The Labute approximate surface area is 137 Å². The van der Waals surface area contributed by atoms with Gasteiger partial charge in [0.1, 0.15) is 4.83 Å². The molecule has 1 aliphatic rings. The van der Waals surface area contributed by atoms with Gasteiger partial charge < -0.3 is 5.32 Å². The van der Waals surface area contributed by atoms with Gasteiger partial charge >= 0.3 is 0 Å². The fourth-order valence-corrected chi connectivity index (χ4v) is 4.48. The molecule has 0 spiro atoms. The van der Waals surface area contributed by atoms with Crippen LogP contribution in [0.3, 0.4) is 0 Å². The summed E-state index contributed by atoms with van der Waals surface area (Å²) >= 11 is 1.67. The molecule has 0 fully saturated rings. The second-order valence-electron chi connectivity index (χ2n) is 5.88. The Kier molecular flexibility index (Phi) is 3.45. The summed E-state index contributed by atoms with van der Waals surface area (Å²) in [5, 5.41) is 8.33. The number of fused-ring (bicyclic) bond motifs is 3. The molecule has 1 N–H and O–H groups in total. The van der Waals surface area contributed by atoms with Gasteiger partial charge in [0.05, 0.1) is 5.39 Å². The molecule has 0 bridgehead atoms. The first-order valence-corrected chi connectivity index (χ1v) is 8.80. The first-order valence-electron chi connectivity index (χ1n) is 7.99. The van der Waals surface area contributed by atoms with Gasteiger partial charge in [0.25, 0.3) is 5.56 Å². The van der Waals surface area contributed by atoms with E-state index >= 15 is 0 Å². The molecule has 3 aromatic rings. The predicted octanol–water partition coefficient (Wildman–Crippen LogP) is 2.83. The van der Waals surface area contributed by atoms with Crippen LogP contribution in [0, 0.1) is 0 Å². The highest BCUT2D eigenvalue weighted by Crippen LogP contribution is 2.34. The van der Waals surface area contributed by atoms with Gasteiger partial charge in [-0.15, -0.1) is 11.3 Å². The third-order valence-electron chi connectivity index (χ3n) is 4.34. The van der Waals surface area contributed by atoms with Crippen LogP contribution in [0.1, 0.15) is 30.2 Å². The SMILES string of the molecule is CCn1c(Nc2ccn(C)n2)nc2sc3c(c2c1=O)CCCC3. The van der Waals surface area contributed by atoms with Gasteiger partial charge in [-0.25, -0.2) is 4.98 Å². The van der Waals surface area contributed by atoms with Crippen molar-refractivity contribution < 1.29 is 0 Å². The van der Waals surface area contributed by atoms with Crippen LogP contribution < -0.4 is 10.9 Å². The van der Waals surface area contributed by atoms with Gasteiger partial charge in [-0.2, -0.15) is 5.10 Å². The number of rotatable bonds is 3. The molecule has 0 saturated heterocycles. The minimum Gasteiger partial charge on any atom is -0.309 e. The third kappa shape index (κ3) is 2.35. The molecule has 0 unspecified atom stereocenters. The number of hydrogen-bond acceptors (Lipinski definition) is 5. The Morgan fingerprint density at radius 2 is 2.17 bits per heavy atom. The van der Waals surface area contributed by atoms with E-state index in [4.69, 9.17) is 4.98 Å². The van der Waals surface area contributed by atoms with Crippen molar-refractivity contribution in [2.75, 3.05) is 5.32 Å². The smallest absolute Gasteiger partial charge is 0.263 e. The van der Waals surface area contributed by atoms with E-state index in [2.05, 4.69) is 10.4 Å². The summed E-state index contributed by atoms with van der Waals surface area (Å²) in [5.41, 5.74) is 1.30. The molecule has 0 radical (unpaired) electrons. The lowest BCUT2D eigenvalue weighted by Crippen LogP contribution is -2.24. The first-order chi connectivity index (χ1) is 11.2. The normalized spacial score (nSPS) is 14.2. The van der Waals surface area contributed by atoms with Gasteiger partial charge in [-0.1, -0.05) is 0 Å². The van der Waals surface area contributed by atoms with Crippen molar-refractivity contribution in [1.29, 1.82) is 0 Å². The molecule has 23 heavy (non-hydrogen) atoms. The fourth-order valence-electron chi connectivity index (χ4n) is 3.22. The predicted molar refractivity (Wildman–Crippen MR) is 92.7 cm³/mol. The summed E-state index contributed by atoms with van der Waals surface area (Å²) in [6.07, 6.45) is 6.31. The van der Waals surface area contributed by atoms with Crippen LogP contribution in [-0.2, 0) is 26.4 Å². The maximum absolute atomic E-state index is 13.0. The average molecular weight is 329 g/mol. The van der Waals surface area contributed by atoms with Crippen LogP contribution in [0.25, 0.3) is 10.2 Å². The van der Waals surface area contributed by atoms with Crippen LogP contribution >= 0.6 is 11.3 Å². The fraction of sp³-hybridized carbons (Fsp3) is 0.438. The molecule has 0 aromatic carbocycles. The molecule has 3 aromatic heterocycles. The lowest BCUT2D eigenvalue weighted by Gasteiger charge is -2.12. The average Bonchev–Trinajstić information content (AvgIpc) is 3.10. The molecule has 7 heteroatoms. The van der Waals surface area contributed by atoms with E-state index < -0.39 is 0 Å². The second kappa shape index (κ2) is 5.49. The van der Waals surface area contributed by atoms with Crippen LogP contribution in [0.4, 0.5) is 11.8 Å². The summed E-state index contributed by atoms with van der Waals surface area (Å²) in [7, 11) is 1.86. The Bertz CT molecular complexity index is 936. The lowest BCUT2D eigenvalue weighted by atomic mass is 9.97. The van der Waals surface area contributed by atoms with Gasteiger partial charge in [0.2, 0.25) is 5.95 Å². The van der Waals surface area contributed by atoms with Crippen LogP contribution in [0.2, 0.25) is 0 Å². The van der Waals surface area contributed by atoms with Crippen LogP contribution in [0.15, 0.2) is 17.1 Å². The molecule has 0 atom stereocenters. The Morgan fingerprint density at radius 3 is 2.91 bits per heavy atom. The highest BCUT2D eigenvalue weighted by molar-refractivity contribution is 7.18. The number of nitrogens with one attached hydrogen (secondary N) is 1. The third-order valence-corrected chi connectivity index (χ3v) is 5.53. The Hall–Kier alpha value is -2.15. The topological polar surface area (TPSA) is 64.7 Å². The van der Waals surface area contributed by atoms with Crippen molar-refractivity contribution in [3.63, 3.8) is 0 Å². The van der Waals surface area contributed by atoms with E-state index in [1.165, 1.54) is 23.3 Å². The summed E-state index contributed by atoms with van der Waals surface area (Å²) in [6.45, 7) is 2.55. The molecule has 6 nitrogen and oxygen atoms in total. The van der Waals surface area contributed by atoms with Crippen LogP contribution in [0.5, 0.6) is 0 Å². The molecule has 3 heterocycles. The van der Waals surface area contributed by atoms with Crippen molar-refractivity contribution >= 4 is 33.3 Å². The van der Waals surface area contributed by atoms with Gasteiger partial charge in [0, 0.05) is 30.7 Å². The maximum Gasteiger partial charge on any atom is 0.263 e. The number of aryl methyl sites for hydroxylation is 3. The maximum atomic E-state index is 13.0. The van der Waals surface area contributed by atoms with Crippen molar-refractivity contribution in [2.24, 2.45) is 7.05 Å². The molecular formula is C16H19N5OS. The van der Waals surface area contributed by atoms with E-state index in [-0.39, 0.29) is 5.56 Å². The van der Waals surface area contributed by atoms with E-state index in [1.54, 1.807) is 20.6 Å². The summed E-state index contributed by atoms with van der Waals surface area (Å²) in [5.74, 6) is 1.27. The molecule has 120 valence electrons. The molecule has 0 aliphatic heterocycles. The van der Waals surface area contributed by atoms with E-state index in [0.29, 0.717) is 18.3 Å². The van der Waals surface area contributed by atoms with Gasteiger partial charge in [-0.05, 0) is 38.2 Å². The zero-order valence-electron chi connectivity index (χ0n) is 13.3. The number of thiophene rings is 1. The zero-order chi connectivity index (χ0) is 16.0. The van der Waals surface area contributed by atoms with Crippen molar-refractivity contribution in [2.45, 2.75) is 39.2 Å². The molecule has 0 saturated carbocycles. The minimum absolute atomic E-state index is 0.0651. The van der Waals surface area contributed by atoms with E-state index in [1.807, 2.05) is 26.2 Å². The van der Waals surface area contributed by atoms with E-state index in [9.17, 15) is 4.79 Å². The molecule has 1 aliphatic carbocycles. The van der Waals surface area contributed by atoms with E-state index in [0.717, 1.165) is 23.1 Å². The Balaban J connectivity index is 1.89. The van der Waals surface area contributed by atoms with Gasteiger partial charge in [0.15, 0.2) is 5.82 Å². The standard InChI is InChI=1S/C16H19N5OS/c1-3-21-15(22)13-10-6-4-5-7-11(10)23-14(13)18-16(21)17-12-8-9-20(2)19-12/h8-9H,3-7H2,1-2H3,(H,17,18,19). The van der Waals surface area contributed by atoms with Crippen molar-refractivity contribution in [1.82, 2.24) is 19.3 Å². The quantitative estimate of drug-likeness (QED) is 0.802. The molecule has 4 rings (SSSR count). The monoisotopic (exact) mass is 329 g/mol. The Morgan fingerprint density at radius 1 is 1.35 bits per heavy atom. The highest BCUT2D eigenvalue weighted by Gasteiger charge is 2.21. The number of anilines is 2. The second-order valence-corrected chi connectivity index (χ2v) is 6.96. The lowest BCUT2D eigenvalue weighted by molar-refractivity contribution is 0.696. The summed E-state index contributed by atoms with van der Waals surface area (Å²) < 4.78 is 3.43. The number of nitrogens with zero attached hydrogens (tertiary/aromatic N) is 4. The summed E-state index contributed by atoms with van der Waals surface area (Å²) in [6, 6.07) is 1.87. The number of aromatic nitrogens is 4. The van der Waals surface area contributed by atoms with Crippen molar-refractivity contribution in [3.05, 3.63) is 33.1 Å². The molecule has 0 amide bonds. The summed E-state index contributed by atoms with van der Waals surface area (Å²) in [4.78, 5) is 19.9. The first kappa shape index (κ1) is 14.4. The van der Waals surface area contributed by atoms with Crippen molar-refractivity contribution in [3.8, 4) is 0 Å². The van der Waals surface area contributed by atoms with Gasteiger partial charge in [-0.3, -0.25) is 14.0 Å².